The first-order valence-electron chi connectivity index (χ1n) is 10.2. The van der Waals surface area contributed by atoms with E-state index in [1.807, 2.05) is 24.3 Å². The van der Waals surface area contributed by atoms with Gasteiger partial charge in [0.15, 0.2) is 18.1 Å². The highest BCUT2D eigenvalue weighted by Gasteiger charge is 2.25. The number of amides is 2. The SMILES string of the molecule is COc1ccc(NC(=O)CCN2C(=O)COc3ccccc32)cc1OCc1ccncc1. The van der Waals surface area contributed by atoms with E-state index < -0.39 is 0 Å². The van der Waals surface area contributed by atoms with Gasteiger partial charge in [-0.05, 0) is 42.0 Å². The Kier molecular flexibility index (Phi) is 6.50. The molecule has 0 bridgehead atoms. The zero-order valence-electron chi connectivity index (χ0n) is 17.6. The van der Waals surface area contributed by atoms with Crippen molar-refractivity contribution in [3.63, 3.8) is 0 Å². The van der Waals surface area contributed by atoms with Crippen molar-refractivity contribution in [3.8, 4) is 17.2 Å². The number of carbonyl (C=O) groups is 2. The number of para-hydroxylation sites is 2. The molecule has 1 aliphatic rings. The quantitative estimate of drug-likeness (QED) is 0.586. The Bertz CT molecular complexity index is 1100. The standard InChI is InChI=1S/C24H23N3O5/c1-30-21-7-6-18(14-22(21)31-15-17-8-11-25-12-9-17)26-23(28)10-13-27-19-4-2-3-5-20(19)32-16-24(27)29/h2-9,11-12,14H,10,13,15-16H2,1H3,(H,26,28). The third-order valence-corrected chi connectivity index (χ3v) is 4.96. The normalized spacial score (nSPS) is 12.5. The molecule has 32 heavy (non-hydrogen) atoms. The molecule has 0 saturated carbocycles. The number of methoxy groups -OCH3 is 1. The lowest BCUT2D eigenvalue weighted by Crippen LogP contribution is -2.40. The molecule has 1 aliphatic heterocycles. The molecule has 3 aromatic rings. The van der Waals surface area contributed by atoms with Gasteiger partial charge in [-0.2, -0.15) is 0 Å². The Hall–Kier alpha value is -4.07. The van der Waals surface area contributed by atoms with Crippen LogP contribution in [0.15, 0.2) is 67.0 Å². The van der Waals surface area contributed by atoms with Crippen LogP contribution in [0.1, 0.15) is 12.0 Å². The third-order valence-electron chi connectivity index (χ3n) is 4.96. The van der Waals surface area contributed by atoms with E-state index in [2.05, 4.69) is 10.3 Å². The number of fused-ring (bicyclic) bond motifs is 1. The average Bonchev–Trinajstić information content (AvgIpc) is 2.83. The van der Waals surface area contributed by atoms with Gasteiger partial charge < -0.3 is 24.4 Å². The highest BCUT2D eigenvalue weighted by atomic mass is 16.5. The highest BCUT2D eigenvalue weighted by Crippen LogP contribution is 2.32. The molecule has 2 amide bonds. The summed E-state index contributed by atoms with van der Waals surface area (Å²) in [7, 11) is 1.56. The number of anilines is 2. The molecule has 2 heterocycles. The Morgan fingerprint density at radius 2 is 1.94 bits per heavy atom. The summed E-state index contributed by atoms with van der Waals surface area (Å²) in [5, 5.41) is 2.86. The van der Waals surface area contributed by atoms with Gasteiger partial charge in [-0.15, -0.1) is 0 Å². The molecule has 0 radical (unpaired) electrons. The highest BCUT2D eigenvalue weighted by molar-refractivity contribution is 5.99. The zero-order chi connectivity index (χ0) is 22.3. The van der Waals surface area contributed by atoms with Crippen molar-refractivity contribution in [2.45, 2.75) is 13.0 Å². The minimum Gasteiger partial charge on any atom is -0.493 e. The fourth-order valence-corrected chi connectivity index (χ4v) is 3.34. The van der Waals surface area contributed by atoms with Gasteiger partial charge in [0.1, 0.15) is 12.4 Å². The van der Waals surface area contributed by atoms with Gasteiger partial charge in [-0.25, -0.2) is 0 Å². The lowest BCUT2D eigenvalue weighted by atomic mass is 10.2. The Labute approximate surface area is 185 Å². The molecule has 4 rings (SSSR count). The van der Waals surface area contributed by atoms with Crippen molar-refractivity contribution in [3.05, 3.63) is 72.6 Å². The number of pyridine rings is 1. The molecule has 8 heteroatoms. The molecule has 0 spiro atoms. The van der Waals surface area contributed by atoms with Crippen LogP contribution in [0.4, 0.5) is 11.4 Å². The molecule has 0 unspecified atom stereocenters. The maximum Gasteiger partial charge on any atom is 0.265 e. The van der Waals surface area contributed by atoms with Gasteiger partial charge in [0, 0.05) is 37.1 Å². The Morgan fingerprint density at radius 3 is 2.75 bits per heavy atom. The van der Waals surface area contributed by atoms with E-state index >= 15 is 0 Å². The molecular formula is C24H23N3O5. The van der Waals surface area contributed by atoms with E-state index in [1.165, 1.54) is 0 Å². The summed E-state index contributed by atoms with van der Waals surface area (Å²) < 4.78 is 16.7. The summed E-state index contributed by atoms with van der Waals surface area (Å²) in [4.78, 5) is 30.4. The van der Waals surface area contributed by atoms with Gasteiger partial charge >= 0.3 is 0 Å². The van der Waals surface area contributed by atoms with Gasteiger partial charge in [0.25, 0.3) is 5.91 Å². The summed E-state index contributed by atoms with van der Waals surface area (Å²) in [6.45, 7) is 0.566. The monoisotopic (exact) mass is 433 g/mol. The molecule has 0 aliphatic carbocycles. The van der Waals surface area contributed by atoms with Crippen LogP contribution >= 0.6 is 0 Å². The van der Waals surface area contributed by atoms with E-state index in [9.17, 15) is 9.59 Å². The molecule has 164 valence electrons. The van der Waals surface area contributed by atoms with Crippen molar-refractivity contribution in [1.29, 1.82) is 0 Å². The predicted octanol–water partition coefficient (Wildman–Crippen LogP) is 3.42. The predicted molar refractivity (Wildman–Crippen MR) is 119 cm³/mol. The molecule has 1 aromatic heterocycles. The molecular weight excluding hydrogens is 410 g/mol. The van der Waals surface area contributed by atoms with Gasteiger partial charge in [0.2, 0.25) is 5.91 Å². The maximum absolute atomic E-state index is 12.6. The van der Waals surface area contributed by atoms with Crippen molar-refractivity contribution >= 4 is 23.2 Å². The first-order chi connectivity index (χ1) is 15.6. The molecule has 8 nitrogen and oxygen atoms in total. The van der Waals surface area contributed by atoms with Crippen LogP contribution in [0.2, 0.25) is 0 Å². The van der Waals surface area contributed by atoms with Crippen LogP contribution < -0.4 is 24.4 Å². The minimum absolute atomic E-state index is 0.0325. The van der Waals surface area contributed by atoms with Crippen molar-refractivity contribution in [2.24, 2.45) is 0 Å². The van der Waals surface area contributed by atoms with Gasteiger partial charge in [-0.3, -0.25) is 14.6 Å². The number of hydrogen-bond donors (Lipinski definition) is 1. The van der Waals surface area contributed by atoms with E-state index in [0.29, 0.717) is 35.2 Å². The first-order valence-corrected chi connectivity index (χ1v) is 10.2. The van der Waals surface area contributed by atoms with Crippen LogP contribution in [-0.2, 0) is 16.2 Å². The first kappa shape index (κ1) is 21.2. The van der Waals surface area contributed by atoms with E-state index in [-0.39, 0.29) is 31.4 Å². The lowest BCUT2D eigenvalue weighted by Gasteiger charge is -2.29. The largest absolute Gasteiger partial charge is 0.493 e. The lowest BCUT2D eigenvalue weighted by molar-refractivity contribution is -0.121. The van der Waals surface area contributed by atoms with Crippen LogP contribution in [0.3, 0.4) is 0 Å². The van der Waals surface area contributed by atoms with Crippen molar-refractivity contribution in [1.82, 2.24) is 4.98 Å². The molecule has 0 saturated heterocycles. The van der Waals surface area contributed by atoms with Crippen LogP contribution in [0.5, 0.6) is 17.2 Å². The molecule has 2 aromatic carbocycles. The smallest absolute Gasteiger partial charge is 0.265 e. The van der Waals surface area contributed by atoms with Crippen molar-refractivity contribution < 1.29 is 23.8 Å². The second kappa shape index (κ2) is 9.82. The Morgan fingerprint density at radius 1 is 1.12 bits per heavy atom. The second-order valence-electron chi connectivity index (χ2n) is 7.11. The van der Waals surface area contributed by atoms with E-state index in [1.54, 1.807) is 54.7 Å². The maximum atomic E-state index is 12.6. The summed E-state index contributed by atoms with van der Waals surface area (Å²) in [6, 6.07) is 16.2. The number of nitrogens with one attached hydrogen (secondary N) is 1. The fraction of sp³-hybridized carbons (Fsp3) is 0.208. The van der Waals surface area contributed by atoms with E-state index in [0.717, 1.165) is 5.56 Å². The summed E-state index contributed by atoms with van der Waals surface area (Å²) in [5.74, 6) is 1.32. The second-order valence-corrected chi connectivity index (χ2v) is 7.11. The van der Waals surface area contributed by atoms with E-state index in [4.69, 9.17) is 14.2 Å². The van der Waals surface area contributed by atoms with Gasteiger partial charge in [0.05, 0.1) is 12.8 Å². The minimum atomic E-state index is -0.216. The van der Waals surface area contributed by atoms with Gasteiger partial charge in [-0.1, -0.05) is 12.1 Å². The summed E-state index contributed by atoms with van der Waals surface area (Å²) in [6.07, 6.45) is 3.54. The molecule has 0 fully saturated rings. The summed E-state index contributed by atoms with van der Waals surface area (Å²) in [5.41, 5.74) is 2.22. The molecule has 1 N–H and O–H groups in total. The number of carbonyl (C=O) groups excluding carboxylic acids is 2. The van der Waals surface area contributed by atoms with Crippen LogP contribution in [0, 0.1) is 0 Å². The van der Waals surface area contributed by atoms with Crippen LogP contribution in [-0.4, -0.2) is 37.1 Å². The number of aromatic nitrogens is 1. The number of benzene rings is 2. The number of hydrogen-bond acceptors (Lipinski definition) is 6. The average molecular weight is 433 g/mol. The summed E-state index contributed by atoms with van der Waals surface area (Å²) >= 11 is 0. The van der Waals surface area contributed by atoms with Crippen LogP contribution in [0.25, 0.3) is 0 Å². The fourth-order valence-electron chi connectivity index (χ4n) is 3.34. The number of ether oxygens (including phenoxy) is 3. The number of rotatable bonds is 8. The molecule has 0 atom stereocenters. The zero-order valence-corrected chi connectivity index (χ0v) is 17.6. The Balaban J connectivity index is 1.38. The topological polar surface area (TPSA) is 90.0 Å². The third kappa shape index (κ3) is 4.97. The van der Waals surface area contributed by atoms with Crippen molar-refractivity contribution in [2.75, 3.05) is 30.5 Å². The number of nitrogens with zero attached hydrogens (tertiary/aromatic N) is 2.